The summed E-state index contributed by atoms with van der Waals surface area (Å²) in [5.41, 5.74) is 3.57. The van der Waals surface area contributed by atoms with Gasteiger partial charge in [0.25, 0.3) is 0 Å². The van der Waals surface area contributed by atoms with E-state index in [1.54, 1.807) is 14.2 Å². The minimum atomic E-state index is 0.874. The molecule has 0 radical (unpaired) electrons. The summed E-state index contributed by atoms with van der Waals surface area (Å²) in [6.45, 7) is 2.10. The van der Waals surface area contributed by atoms with Crippen molar-refractivity contribution in [2.45, 2.75) is 6.92 Å². The average Bonchev–Trinajstić information content (AvgIpc) is 2.48. The molecule has 0 fully saturated rings. The molecule has 0 bridgehead atoms. The summed E-state index contributed by atoms with van der Waals surface area (Å²) in [6.07, 6.45) is 2.15. The number of rotatable bonds is 4. The SMILES string of the molecule is COc1ccc(/C=C(\C)c2ccc(OC)cc2)cc1. The highest BCUT2D eigenvalue weighted by atomic mass is 16.5. The van der Waals surface area contributed by atoms with Crippen LogP contribution in [0.3, 0.4) is 0 Å². The number of hydrogen-bond donors (Lipinski definition) is 0. The van der Waals surface area contributed by atoms with Crippen LogP contribution in [0, 0.1) is 0 Å². The van der Waals surface area contributed by atoms with E-state index in [2.05, 4.69) is 25.1 Å². The van der Waals surface area contributed by atoms with Gasteiger partial charge in [0.05, 0.1) is 14.2 Å². The quantitative estimate of drug-likeness (QED) is 0.759. The zero-order chi connectivity index (χ0) is 13.7. The van der Waals surface area contributed by atoms with Gasteiger partial charge in [0.2, 0.25) is 0 Å². The molecule has 19 heavy (non-hydrogen) atoms. The highest BCUT2D eigenvalue weighted by molar-refractivity contribution is 5.80. The maximum absolute atomic E-state index is 5.16. The molecule has 0 aliphatic heterocycles. The van der Waals surface area contributed by atoms with E-state index in [0.29, 0.717) is 0 Å². The molecule has 2 nitrogen and oxygen atoms in total. The monoisotopic (exact) mass is 254 g/mol. The largest absolute Gasteiger partial charge is 0.497 e. The highest BCUT2D eigenvalue weighted by Gasteiger charge is 1.98. The smallest absolute Gasteiger partial charge is 0.118 e. The number of methoxy groups -OCH3 is 2. The van der Waals surface area contributed by atoms with Gasteiger partial charge in [0, 0.05) is 0 Å². The van der Waals surface area contributed by atoms with Gasteiger partial charge < -0.3 is 9.47 Å². The normalized spacial score (nSPS) is 11.2. The molecule has 0 unspecified atom stereocenters. The first-order valence-electron chi connectivity index (χ1n) is 6.19. The predicted molar refractivity (Wildman–Crippen MR) is 79.5 cm³/mol. The molecule has 0 heterocycles. The van der Waals surface area contributed by atoms with Crippen molar-refractivity contribution in [2.75, 3.05) is 14.2 Å². The number of ether oxygens (including phenoxy) is 2. The molecule has 0 N–H and O–H groups in total. The van der Waals surface area contributed by atoms with Crippen LogP contribution < -0.4 is 9.47 Å². The van der Waals surface area contributed by atoms with Crippen LogP contribution in [0.2, 0.25) is 0 Å². The van der Waals surface area contributed by atoms with Crippen molar-refractivity contribution in [3.05, 3.63) is 59.7 Å². The third-order valence-corrected chi connectivity index (χ3v) is 3.04. The lowest BCUT2D eigenvalue weighted by Crippen LogP contribution is -1.85. The molecule has 0 amide bonds. The summed E-state index contributed by atoms with van der Waals surface area (Å²) in [5, 5.41) is 0. The van der Waals surface area contributed by atoms with Gasteiger partial charge in [-0.1, -0.05) is 30.3 Å². The van der Waals surface area contributed by atoms with E-state index in [1.807, 2.05) is 36.4 Å². The summed E-state index contributed by atoms with van der Waals surface area (Å²) in [7, 11) is 3.35. The minimum Gasteiger partial charge on any atom is -0.497 e. The van der Waals surface area contributed by atoms with Crippen molar-refractivity contribution >= 4 is 11.6 Å². The highest BCUT2D eigenvalue weighted by Crippen LogP contribution is 2.21. The second-order valence-electron chi connectivity index (χ2n) is 4.33. The molecule has 0 saturated heterocycles. The van der Waals surface area contributed by atoms with Crippen LogP contribution in [0.5, 0.6) is 11.5 Å². The van der Waals surface area contributed by atoms with E-state index in [4.69, 9.17) is 9.47 Å². The fraction of sp³-hybridized carbons (Fsp3) is 0.176. The Kier molecular flexibility index (Phi) is 4.24. The fourth-order valence-electron chi connectivity index (χ4n) is 1.89. The van der Waals surface area contributed by atoms with Crippen LogP contribution in [0.1, 0.15) is 18.1 Å². The van der Waals surface area contributed by atoms with Crippen molar-refractivity contribution in [3.8, 4) is 11.5 Å². The van der Waals surface area contributed by atoms with Crippen molar-refractivity contribution in [2.24, 2.45) is 0 Å². The number of benzene rings is 2. The first-order chi connectivity index (χ1) is 9.22. The van der Waals surface area contributed by atoms with Gasteiger partial charge in [0.1, 0.15) is 11.5 Å². The molecule has 0 spiro atoms. The Hall–Kier alpha value is -2.22. The maximum atomic E-state index is 5.16. The number of hydrogen-bond acceptors (Lipinski definition) is 2. The van der Waals surface area contributed by atoms with Gasteiger partial charge in [-0.15, -0.1) is 0 Å². The molecule has 0 aliphatic rings. The van der Waals surface area contributed by atoms with Crippen LogP contribution in [0.4, 0.5) is 0 Å². The van der Waals surface area contributed by atoms with Crippen molar-refractivity contribution in [1.82, 2.24) is 0 Å². The van der Waals surface area contributed by atoms with E-state index in [-0.39, 0.29) is 0 Å². The Bertz CT molecular complexity index is 551. The lowest BCUT2D eigenvalue weighted by molar-refractivity contribution is 0.414. The molecule has 2 aromatic carbocycles. The first-order valence-corrected chi connectivity index (χ1v) is 6.19. The van der Waals surface area contributed by atoms with E-state index in [1.165, 1.54) is 11.1 Å². The molecular weight excluding hydrogens is 236 g/mol. The zero-order valence-electron chi connectivity index (χ0n) is 11.5. The van der Waals surface area contributed by atoms with Gasteiger partial charge in [0.15, 0.2) is 0 Å². The molecule has 0 saturated carbocycles. The Morgan fingerprint density at radius 1 is 0.789 bits per heavy atom. The molecule has 2 rings (SSSR count). The molecule has 0 aromatic heterocycles. The van der Waals surface area contributed by atoms with Crippen LogP contribution in [-0.2, 0) is 0 Å². The van der Waals surface area contributed by atoms with Crippen molar-refractivity contribution in [3.63, 3.8) is 0 Å². The Balaban J connectivity index is 2.20. The molecule has 0 aliphatic carbocycles. The van der Waals surface area contributed by atoms with Crippen molar-refractivity contribution < 1.29 is 9.47 Å². The van der Waals surface area contributed by atoms with Crippen LogP contribution in [-0.4, -0.2) is 14.2 Å². The summed E-state index contributed by atoms with van der Waals surface area (Å²) in [4.78, 5) is 0. The lowest BCUT2D eigenvalue weighted by atomic mass is 10.0. The fourth-order valence-corrected chi connectivity index (χ4v) is 1.89. The standard InChI is InChI=1S/C17H18O2/c1-13(15-6-10-17(19-3)11-7-15)12-14-4-8-16(18-2)9-5-14/h4-12H,1-3H3/b13-12+. The zero-order valence-corrected chi connectivity index (χ0v) is 11.5. The van der Waals surface area contributed by atoms with Gasteiger partial charge in [-0.05, 0) is 47.9 Å². The first kappa shape index (κ1) is 13.2. The molecular formula is C17H18O2. The Morgan fingerprint density at radius 3 is 1.74 bits per heavy atom. The lowest BCUT2D eigenvalue weighted by Gasteiger charge is -2.05. The average molecular weight is 254 g/mol. The second kappa shape index (κ2) is 6.10. The van der Waals surface area contributed by atoms with Crippen LogP contribution in [0.25, 0.3) is 11.6 Å². The topological polar surface area (TPSA) is 18.5 Å². The third kappa shape index (κ3) is 3.38. The Morgan fingerprint density at radius 2 is 1.26 bits per heavy atom. The summed E-state index contributed by atoms with van der Waals surface area (Å²) in [5.74, 6) is 1.75. The van der Waals surface area contributed by atoms with Gasteiger partial charge in [-0.3, -0.25) is 0 Å². The van der Waals surface area contributed by atoms with E-state index < -0.39 is 0 Å². The van der Waals surface area contributed by atoms with Gasteiger partial charge in [-0.2, -0.15) is 0 Å². The second-order valence-corrected chi connectivity index (χ2v) is 4.33. The summed E-state index contributed by atoms with van der Waals surface area (Å²) >= 11 is 0. The Labute approximate surface area is 114 Å². The molecule has 2 heteroatoms. The predicted octanol–water partition coefficient (Wildman–Crippen LogP) is 4.26. The number of allylic oxidation sites excluding steroid dienone is 1. The minimum absolute atomic E-state index is 0.874. The van der Waals surface area contributed by atoms with Crippen LogP contribution >= 0.6 is 0 Å². The third-order valence-electron chi connectivity index (χ3n) is 3.04. The molecule has 98 valence electrons. The van der Waals surface area contributed by atoms with Crippen molar-refractivity contribution in [1.29, 1.82) is 0 Å². The molecule has 0 atom stereocenters. The van der Waals surface area contributed by atoms with Gasteiger partial charge in [-0.25, -0.2) is 0 Å². The maximum Gasteiger partial charge on any atom is 0.118 e. The molecule has 2 aromatic rings. The van der Waals surface area contributed by atoms with E-state index in [9.17, 15) is 0 Å². The summed E-state index contributed by atoms with van der Waals surface area (Å²) in [6, 6.07) is 16.1. The van der Waals surface area contributed by atoms with Crippen LogP contribution in [0.15, 0.2) is 48.5 Å². The van der Waals surface area contributed by atoms with Gasteiger partial charge >= 0.3 is 0 Å². The van der Waals surface area contributed by atoms with E-state index >= 15 is 0 Å². The van der Waals surface area contributed by atoms with E-state index in [0.717, 1.165) is 17.1 Å². The summed E-state index contributed by atoms with van der Waals surface area (Å²) < 4.78 is 10.3.